The van der Waals surface area contributed by atoms with Crippen LogP contribution in [0.15, 0.2) is 30.3 Å². The largest absolute Gasteiger partial charge is 0.382 e. The van der Waals surface area contributed by atoms with Crippen LogP contribution in [-0.4, -0.2) is 18.2 Å². The fourth-order valence-corrected chi connectivity index (χ4v) is 2.28. The van der Waals surface area contributed by atoms with Gasteiger partial charge in [0.15, 0.2) is 0 Å². The maximum atomic E-state index is 10.1. The number of benzene rings is 1. The second kappa shape index (κ2) is 9.12. The van der Waals surface area contributed by atoms with Crippen molar-refractivity contribution in [2.45, 2.75) is 45.6 Å². The molecule has 0 heterocycles. The summed E-state index contributed by atoms with van der Waals surface area (Å²) in [6, 6.07) is 9.93. The number of rotatable bonds is 9. The summed E-state index contributed by atoms with van der Waals surface area (Å²) in [4.78, 5) is 0. The fourth-order valence-electron chi connectivity index (χ4n) is 2.28. The Bertz CT molecular complexity index is 299. The van der Waals surface area contributed by atoms with Crippen LogP contribution in [-0.2, 0) is 0 Å². The number of nitrogens with two attached hydrogens (primary N) is 1. The minimum absolute atomic E-state index is 0.338. The zero-order valence-electron chi connectivity index (χ0n) is 11.8. The average Bonchev–Trinajstić information content (AvgIpc) is 2.43. The Balaban J connectivity index is 2.24. The zero-order valence-corrected chi connectivity index (χ0v) is 11.8. The second-order valence-corrected chi connectivity index (χ2v) is 5.10. The van der Waals surface area contributed by atoms with Gasteiger partial charge in [0.25, 0.3) is 0 Å². The van der Waals surface area contributed by atoms with Crippen LogP contribution in [0.1, 0.15) is 51.2 Å². The van der Waals surface area contributed by atoms with E-state index in [4.69, 9.17) is 0 Å². The lowest BCUT2D eigenvalue weighted by Crippen LogP contribution is -2.86. The van der Waals surface area contributed by atoms with E-state index in [1.165, 1.54) is 25.7 Å². The molecule has 18 heavy (non-hydrogen) atoms. The van der Waals surface area contributed by atoms with Crippen LogP contribution < -0.4 is 5.32 Å². The molecule has 0 spiro atoms. The van der Waals surface area contributed by atoms with Crippen LogP contribution in [0.2, 0.25) is 0 Å². The Kier molecular flexibility index (Phi) is 7.70. The van der Waals surface area contributed by atoms with Crippen molar-refractivity contribution in [3.8, 4) is 0 Å². The molecule has 2 heteroatoms. The highest BCUT2D eigenvalue weighted by Crippen LogP contribution is 2.11. The van der Waals surface area contributed by atoms with Gasteiger partial charge >= 0.3 is 0 Å². The van der Waals surface area contributed by atoms with E-state index in [1.807, 2.05) is 30.3 Å². The van der Waals surface area contributed by atoms with Crippen LogP contribution in [0, 0.1) is 5.92 Å². The number of hydrogen-bond donors (Lipinski definition) is 2. The molecule has 0 aliphatic rings. The molecule has 0 amide bonds. The summed E-state index contributed by atoms with van der Waals surface area (Å²) >= 11 is 0. The van der Waals surface area contributed by atoms with Crippen LogP contribution in [0.3, 0.4) is 0 Å². The lowest BCUT2D eigenvalue weighted by molar-refractivity contribution is -0.667. The molecule has 0 aromatic heterocycles. The Morgan fingerprint density at radius 2 is 1.83 bits per heavy atom. The van der Waals surface area contributed by atoms with Crippen molar-refractivity contribution >= 4 is 0 Å². The van der Waals surface area contributed by atoms with Crippen LogP contribution in [0.5, 0.6) is 0 Å². The Morgan fingerprint density at radius 3 is 2.44 bits per heavy atom. The van der Waals surface area contributed by atoms with Crippen molar-refractivity contribution in [3.63, 3.8) is 0 Å². The van der Waals surface area contributed by atoms with Crippen molar-refractivity contribution in [1.82, 2.24) is 0 Å². The van der Waals surface area contributed by atoms with E-state index in [0.29, 0.717) is 0 Å². The SMILES string of the molecule is CCCC[C@H](CC)C[NH2+]C[C@@H](O)c1ccccc1. The summed E-state index contributed by atoms with van der Waals surface area (Å²) in [6.07, 6.45) is 4.84. The summed E-state index contributed by atoms with van der Waals surface area (Å²) in [5, 5.41) is 12.3. The first-order valence-corrected chi connectivity index (χ1v) is 7.32. The van der Waals surface area contributed by atoms with Crippen LogP contribution in [0.25, 0.3) is 0 Å². The lowest BCUT2D eigenvalue weighted by Gasteiger charge is -2.15. The minimum atomic E-state index is -0.338. The maximum Gasteiger partial charge on any atom is 0.128 e. The summed E-state index contributed by atoms with van der Waals surface area (Å²) in [7, 11) is 0. The van der Waals surface area contributed by atoms with E-state index in [0.717, 1.165) is 24.6 Å². The summed E-state index contributed by atoms with van der Waals surface area (Å²) in [5.41, 5.74) is 1.02. The van der Waals surface area contributed by atoms with E-state index < -0.39 is 0 Å². The first-order chi connectivity index (χ1) is 8.77. The molecule has 1 rings (SSSR count). The molecule has 1 aromatic carbocycles. The minimum Gasteiger partial charge on any atom is -0.382 e. The third-order valence-corrected chi connectivity index (χ3v) is 3.62. The summed E-state index contributed by atoms with van der Waals surface area (Å²) in [6.45, 7) is 6.42. The van der Waals surface area contributed by atoms with Crippen molar-refractivity contribution < 1.29 is 10.4 Å². The monoisotopic (exact) mass is 250 g/mol. The van der Waals surface area contributed by atoms with E-state index in [1.54, 1.807) is 0 Å². The van der Waals surface area contributed by atoms with Crippen molar-refractivity contribution in [2.75, 3.05) is 13.1 Å². The Labute approximate surface area is 111 Å². The normalized spacial score (nSPS) is 14.4. The molecule has 0 aliphatic heterocycles. The maximum absolute atomic E-state index is 10.1. The molecule has 2 atom stereocenters. The summed E-state index contributed by atoms with van der Waals surface area (Å²) < 4.78 is 0. The molecule has 102 valence electrons. The topological polar surface area (TPSA) is 36.8 Å². The average molecular weight is 250 g/mol. The molecule has 0 saturated heterocycles. The molecule has 0 bridgehead atoms. The van der Waals surface area contributed by atoms with Gasteiger partial charge in [-0.2, -0.15) is 0 Å². The van der Waals surface area contributed by atoms with Gasteiger partial charge in [-0.1, -0.05) is 57.0 Å². The van der Waals surface area contributed by atoms with Gasteiger partial charge in [-0.3, -0.25) is 0 Å². The highest BCUT2D eigenvalue weighted by atomic mass is 16.3. The first kappa shape index (κ1) is 15.2. The van der Waals surface area contributed by atoms with Crippen molar-refractivity contribution in [2.24, 2.45) is 5.92 Å². The smallest absolute Gasteiger partial charge is 0.128 e. The Hall–Kier alpha value is -0.860. The lowest BCUT2D eigenvalue weighted by atomic mass is 9.99. The number of quaternary nitrogens is 1. The number of aliphatic hydroxyl groups excluding tert-OH is 1. The van der Waals surface area contributed by atoms with Gasteiger partial charge in [-0.15, -0.1) is 0 Å². The molecule has 0 saturated carbocycles. The predicted molar refractivity (Wildman–Crippen MR) is 76.4 cm³/mol. The molecule has 0 aliphatic carbocycles. The van der Waals surface area contributed by atoms with Crippen molar-refractivity contribution in [3.05, 3.63) is 35.9 Å². The molecular weight excluding hydrogens is 222 g/mol. The fraction of sp³-hybridized carbons (Fsp3) is 0.625. The second-order valence-electron chi connectivity index (χ2n) is 5.10. The molecule has 0 fully saturated rings. The van der Waals surface area contributed by atoms with Crippen LogP contribution >= 0.6 is 0 Å². The zero-order chi connectivity index (χ0) is 13.2. The molecular formula is C16H28NO+. The third kappa shape index (κ3) is 5.65. The van der Waals surface area contributed by atoms with E-state index >= 15 is 0 Å². The van der Waals surface area contributed by atoms with Gasteiger partial charge in [0, 0.05) is 5.92 Å². The number of hydrogen-bond acceptors (Lipinski definition) is 1. The van der Waals surface area contributed by atoms with E-state index in [-0.39, 0.29) is 6.10 Å². The highest BCUT2D eigenvalue weighted by molar-refractivity contribution is 5.16. The molecule has 0 radical (unpaired) electrons. The standard InChI is InChI=1S/C16H27NO/c1-3-5-9-14(4-2)12-17-13-16(18)15-10-7-6-8-11-15/h6-8,10-11,14,16-18H,3-5,9,12-13H2,1-2H3/p+1/t14-,16+/m0/s1. The van der Waals surface area contributed by atoms with Gasteiger partial charge < -0.3 is 10.4 Å². The molecule has 2 nitrogen and oxygen atoms in total. The third-order valence-electron chi connectivity index (χ3n) is 3.62. The Morgan fingerprint density at radius 1 is 1.11 bits per heavy atom. The van der Waals surface area contributed by atoms with Gasteiger partial charge in [0.05, 0.1) is 6.54 Å². The summed E-state index contributed by atoms with van der Waals surface area (Å²) in [5.74, 6) is 0.799. The molecule has 3 N–H and O–H groups in total. The van der Waals surface area contributed by atoms with Gasteiger partial charge in [0.1, 0.15) is 12.6 Å². The van der Waals surface area contributed by atoms with E-state index in [2.05, 4.69) is 19.2 Å². The van der Waals surface area contributed by atoms with Gasteiger partial charge in [-0.05, 0) is 18.4 Å². The van der Waals surface area contributed by atoms with Crippen LogP contribution in [0.4, 0.5) is 0 Å². The number of aliphatic hydroxyl groups is 1. The van der Waals surface area contributed by atoms with Crippen molar-refractivity contribution in [1.29, 1.82) is 0 Å². The van der Waals surface area contributed by atoms with E-state index in [9.17, 15) is 5.11 Å². The number of unbranched alkanes of at least 4 members (excludes halogenated alkanes) is 1. The van der Waals surface area contributed by atoms with Gasteiger partial charge in [-0.25, -0.2) is 0 Å². The predicted octanol–water partition coefficient (Wildman–Crippen LogP) is 2.50. The molecule has 0 unspecified atom stereocenters. The van der Waals surface area contributed by atoms with Gasteiger partial charge in [0.2, 0.25) is 0 Å². The first-order valence-electron chi connectivity index (χ1n) is 7.32. The quantitative estimate of drug-likeness (QED) is 0.694. The highest BCUT2D eigenvalue weighted by Gasteiger charge is 2.11. The molecule has 1 aromatic rings.